The summed E-state index contributed by atoms with van der Waals surface area (Å²) in [6, 6.07) is 10.9. The molecule has 11 heteroatoms. The number of ketones is 1. The van der Waals surface area contributed by atoms with Gasteiger partial charge in [0.1, 0.15) is 0 Å². The number of benzene rings is 2. The second-order valence-electron chi connectivity index (χ2n) is 10.9. The van der Waals surface area contributed by atoms with Gasteiger partial charge >= 0.3 is 12.1 Å². The Bertz CT molecular complexity index is 1570. The van der Waals surface area contributed by atoms with Crippen molar-refractivity contribution in [2.24, 2.45) is 0 Å². The molecule has 0 radical (unpaired) electrons. The first-order chi connectivity index (χ1) is 20.5. The number of Topliss-reactive ketones (excluding diaryl/α,β-unsaturated/α-hetero) is 1. The number of likely N-dealkylation sites (N-methyl/N-ethyl adjacent to an activating group) is 1. The molecule has 2 aromatic carbocycles. The number of halogens is 4. The molecule has 5 rings (SSSR count). The number of nitrogens with one attached hydrogen (secondary N) is 1. The maximum absolute atomic E-state index is 14.0. The average Bonchev–Trinajstić information content (AvgIpc) is 3.41. The highest BCUT2D eigenvalue weighted by atomic mass is 35.5. The molecule has 1 aliphatic heterocycles. The summed E-state index contributed by atoms with van der Waals surface area (Å²) in [5.41, 5.74) is 3.64. The predicted molar refractivity (Wildman–Crippen MR) is 159 cm³/mol. The molecule has 1 aromatic heterocycles. The van der Waals surface area contributed by atoms with E-state index < -0.39 is 17.5 Å². The maximum atomic E-state index is 14.0. The topological polar surface area (TPSA) is 74.8 Å². The molecule has 0 amide bonds. The zero-order chi connectivity index (χ0) is 30.7. The van der Waals surface area contributed by atoms with Crippen molar-refractivity contribution in [3.63, 3.8) is 0 Å². The Balaban J connectivity index is 1.26. The Morgan fingerprint density at radius 2 is 1.81 bits per heavy atom. The van der Waals surface area contributed by atoms with Gasteiger partial charge in [-0.15, -0.1) is 0 Å². The predicted octanol–water partition coefficient (Wildman–Crippen LogP) is 5.65. The van der Waals surface area contributed by atoms with Gasteiger partial charge in [0.2, 0.25) is 0 Å². The van der Waals surface area contributed by atoms with Gasteiger partial charge in [0.05, 0.1) is 30.3 Å². The number of aromatic nitrogens is 1. The summed E-state index contributed by atoms with van der Waals surface area (Å²) < 4.78 is 46.8. The minimum Gasteiger partial charge on any atom is -0.466 e. The van der Waals surface area contributed by atoms with Gasteiger partial charge < -0.3 is 15.0 Å². The lowest BCUT2D eigenvalue weighted by Crippen LogP contribution is -2.44. The SMILES string of the molecule is COC(=O)C1=Cc2cc(NCc3cc(CC(=O)c4ccc(CN5CCN(C)CC5)c(C(F)(F)F)c4)ccc3Cl)cnc2C1. The fourth-order valence-electron chi connectivity index (χ4n) is 5.32. The monoisotopic (exact) mass is 612 g/mol. The van der Waals surface area contributed by atoms with Gasteiger partial charge in [-0.1, -0.05) is 35.9 Å². The summed E-state index contributed by atoms with van der Waals surface area (Å²) in [6.07, 6.45) is -0.809. The molecule has 226 valence electrons. The molecule has 0 spiro atoms. The minimum absolute atomic E-state index is 0.0210. The number of piperazine rings is 1. The van der Waals surface area contributed by atoms with Crippen LogP contribution in [0, 0.1) is 0 Å². The van der Waals surface area contributed by atoms with E-state index in [0.29, 0.717) is 42.2 Å². The molecule has 0 saturated carbocycles. The molecular formula is C32H32ClF3N4O3. The van der Waals surface area contributed by atoms with E-state index in [-0.39, 0.29) is 30.1 Å². The smallest absolute Gasteiger partial charge is 0.416 e. The van der Waals surface area contributed by atoms with E-state index in [0.717, 1.165) is 41.7 Å². The fourth-order valence-corrected chi connectivity index (χ4v) is 5.50. The number of anilines is 1. The van der Waals surface area contributed by atoms with Crippen LogP contribution >= 0.6 is 11.6 Å². The maximum Gasteiger partial charge on any atom is 0.416 e. The van der Waals surface area contributed by atoms with Crippen molar-refractivity contribution in [3.8, 4) is 0 Å². The summed E-state index contributed by atoms with van der Waals surface area (Å²) >= 11 is 6.42. The third kappa shape index (κ3) is 7.44. The zero-order valence-corrected chi connectivity index (χ0v) is 24.7. The third-order valence-corrected chi connectivity index (χ3v) is 8.19. The Labute approximate surface area is 253 Å². The van der Waals surface area contributed by atoms with Crippen LogP contribution in [-0.4, -0.2) is 66.9 Å². The summed E-state index contributed by atoms with van der Waals surface area (Å²) in [6.45, 7) is 3.50. The Morgan fingerprint density at radius 1 is 1.05 bits per heavy atom. The molecule has 3 aromatic rings. The van der Waals surface area contributed by atoms with Crippen LogP contribution in [0.1, 0.15) is 43.9 Å². The molecule has 1 saturated heterocycles. The lowest BCUT2D eigenvalue weighted by Gasteiger charge is -2.33. The molecule has 2 heterocycles. The highest BCUT2D eigenvalue weighted by Gasteiger charge is 2.34. The zero-order valence-electron chi connectivity index (χ0n) is 23.9. The van der Waals surface area contributed by atoms with E-state index in [1.807, 2.05) is 18.0 Å². The van der Waals surface area contributed by atoms with Gasteiger partial charge in [-0.2, -0.15) is 13.2 Å². The lowest BCUT2D eigenvalue weighted by atomic mass is 9.97. The summed E-state index contributed by atoms with van der Waals surface area (Å²) in [5, 5.41) is 3.74. The number of carbonyl (C=O) groups excluding carboxylic acids is 2. The first-order valence-electron chi connectivity index (χ1n) is 13.9. The van der Waals surface area contributed by atoms with Crippen molar-refractivity contribution in [3.05, 3.63) is 98.3 Å². The largest absolute Gasteiger partial charge is 0.466 e. The van der Waals surface area contributed by atoms with Crippen LogP contribution in [0.4, 0.5) is 18.9 Å². The summed E-state index contributed by atoms with van der Waals surface area (Å²) in [5.74, 6) is -0.796. The molecule has 0 bridgehead atoms. The molecule has 7 nitrogen and oxygen atoms in total. The van der Waals surface area contributed by atoms with Crippen molar-refractivity contribution in [1.29, 1.82) is 0 Å². The van der Waals surface area contributed by atoms with Crippen molar-refractivity contribution >= 4 is 35.1 Å². The van der Waals surface area contributed by atoms with E-state index >= 15 is 0 Å². The number of esters is 1. The second-order valence-corrected chi connectivity index (χ2v) is 11.3. The molecule has 0 atom stereocenters. The summed E-state index contributed by atoms with van der Waals surface area (Å²) in [7, 11) is 3.33. The minimum atomic E-state index is -4.57. The number of pyridine rings is 1. The molecular weight excluding hydrogens is 581 g/mol. The van der Waals surface area contributed by atoms with Gasteiger partial charge in [-0.05, 0) is 53.6 Å². The van der Waals surface area contributed by atoms with Crippen LogP contribution in [0.3, 0.4) is 0 Å². The van der Waals surface area contributed by atoms with E-state index in [2.05, 4.69) is 15.2 Å². The van der Waals surface area contributed by atoms with Crippen LogP contribution in [0.25, 0.3) is 6.08 Å². The molecule has 43 heavy (non-hydrogen) atoms. The number of alkyl halides is 3. The first-order valence-corrected chi connectivity index (χ1v) is 14.3. The number of methoxy groups -OCH3 is 1. The third-order valence-electron chi connectivity index (χ3n) is 7.82. The van der Waals surface area contributed by atoms with Gasteiger partial charge in [-0.3, -0.25) is 14.7 Å². The average molecular weight is 613 g/mol. The number of fused-ring (bicyclic) bond motifs is 1. The van der Waals surface area contributed by atoms with Gasteiger partial charge in [0.15, 0.2) is 5.78 Å². The second kappa shape index (κ2) is 12.9. The number of nitrogens with zero attached hydrogens (tertiary/aromatic N) is 3. The highest BCUT2D eigenvalue weighted by molar-refractivity contribution is 6.31. The number of rotatable bonds is 9. The van der Waals surface area contributed by atoms with Crippen molar-refractivity contribution in [2.75, 3.05) is 45.7 Å². The molecule has 1 aliphatic carbocycles. The van der Waals surface area contributed by atoms with Gasteiger partial charge in [-0.25, -0.2) is 4.79 Å². The number of hydrogen-bond acceptors (Lipinski definition) is 7. The normalized spacial score (nSPS) is 15.6. The van der Waals surface area contributed by atoms with E-state index in [4.69, 9.17) is 16.3 Å². The van der Waals surface area contributed by atoms with E-state index in [1.54, 1.807) is 30.5 Å². The Hall–Kier alpha value is -3.73. The fraction of sp³-hybridized carbons (Fsp3) is 0.344. The van der Waals surface area contributed by atoms with Gasteiger partial charge in [0, 0.05) is 68.3 Å². The lowest BCUT2D eigenvalue weighted by molar-refractivity contribution is -0.138. The van der Waals surface area contributed by atoms with Gasteiger partial charge in [0.25, 0.3) is 0 Å². The van der Waals surface area contributed by atoms with Crippen LogP contribution < -0.4 is 5.32 Å². The molecule has 1 N–H and O–H groups in total. The Kier molecular flexibility index (Phi) is 9.19. The van der Waals surface area contributed by atoms with Crippen LogP contribution in [0.15, 0.2) is 54.2 Å². The number of carbonyl (C=O) groups is 2. The number of hydrogen-bond donors (Lipinski definition) is 1. The first kappa shape index (κ1) is 30.7. The Morgan fingerprint density at radius 3 is 2.53 bits per heavy atom. The van der Waals surface area contributed by atoms with Crippen LogP contribution in [0.2, 0.25) is 5.02 Å². The molecule has 1 fully saturated rings. The van der Waals surface area contributed by atoms with E-state index in [9.17, 15) is 22.8 Å². The number of ether oxygens (including phenoxy) is 1. The standard InChI is InChI=1S/C32H32ClF3N4O3/c1-39-7-9-40(10-8-39)19-22-5-4-21(15-27(22)32(34,35)36)30(41)12-20-3-6-28(33)25(11-20)17-37-26-14-23-13-24(31(42)43-2)16-29(23)38-18-26/h3-6,11,13-15,18,37H,7-10,12,16-17,19H2,1-2H3. The van der Waals surface area contributed by atoms with Crippen LogP contribution in [-0.2, 0) is 41.6 Å². The van der Waals surface area contributed by atoms with Crippen molar-refractivity contribution in [1.82, 2.24) is 14.8 Å². The van der Waals surface area contributed by atoms with Crippen molar-refractivity contribution < 1.29 is 27.5 Å². The molecule has 2 aliphatic rings. The summed E-state index contributed by atoms with van der Waals surface area (Å²) in [4.78, 5) is 33.6. The highest BCUT2D eigenvalue weighted by Crippen LogP contribution is 2.34. The quantitative estimate of drug-likeness (QED) is 0.247. The van der Waals surface area contributed by atoms with Crippen LogP contribution in [0.5, 0.6) is 0 Å². The molecule has 0 unspecified atom stereocenters. The van der Waals surface area contributed by atoms with E-state index in [1.165, 1.54) is 19.2 Å². The van der Waals surface area contributed by atoms with Crippen molar-refractivity contribution in [2.45, 2.75) is 32.1 Å².